The average molecular weight is 228 g/mol. The second-order valence-electron chi connectivity index (χ2n) is 3.98. The van der Waals surface area contributed by atoms with Crippen LogP contribution in [0.15, 0.2) is 28.8 Å². The van der Waals surface area contributed by atoms with Crippen molar-refractivity contribution in [2.45, 2.75) is 6.92 Å². The zero-order valence-corrected chi connectivity index (χ0v) is 9.64. The number of nitrogen functional groups attached to an aromatic ring is 1. The van der Waals surface area contributed by atoms with E-state index in [0.29, 0.717) is 11.7 Å². The zero-order valence-electron chi connectivity index (χ0n) is 9.64. The predicted octanol–water partition coefficient (Wildman–Crippen LogP) is 2.12. The predicted molar refractivity (Wildman–Crippen MR) is 65.4 cm³/mol. The molecule has 2 aromatic heterocycles. The highest BCUT2D eigenvalue weighted by Gasteiger charge is 2.09. The minimum Gasteiger partial charge on any atom is -0.441 e. The Bertz CT molecular complexity index is 696. The normalized spacial score (nSPS) is 11.2. The monoisotopic (exact) mass is 228 g/mol. The summed E-state index contributed by atoms with van der Waals surface area (Å²) >= 11 is 0. The Morgan fingerprint density at radius 1 is 1.35 bits per heavy atom. The molecule has 2 N–H and O–H groups in total. The Labute approximate surface area is 97.9 Å². The van der Waals surface area contributed by atoms with Crippen LogP contribution < -0.4 is 5.73 Å². The van der Waals surface area contributed by atoms with Gasteiger partial charge in [-0.1, -0.05) is 6.07 Å². The first-order valence-electron chi connectivity index (χ1n) is 5.30. The number of rotatable bonds is 1. The first kappa shape index (κ1) is 9.89. The van der Waals surface area contributed by atoms with Gasteiger partial charge in [-0.3, -0.25) is 4.68 Å². The lowest BCUT2D eigenvalue weighted by molar-refractivity contribution is 0.561. The van der Waals surface area contributed by atoms with E-state index in [0.717, 1.165) is 22.2 Å². The van der Waals surface area contributed by atoms with Crippen LogP contribution in [0.25, 0.3) is 22.2 Å². The summed E-state index contributed by atoms with van der Waals surface area (Å²) in [6, 6.07) is 5.83. The van der Waals surface area contributed by atoms with Crippen LogP contribution >= 0.6 is 0 Å². The number of nitrogens with two attached hydrogens (primary N) is 1. The Hall–Kier alpha value is -2.30. The van der Waals surface area contributed by atoms with Crippen molar-refractivity contribution in [3.05, 3.63) is 30.3 Å². The van der Waals surface area contributed by atoms with Crippen LogP contribution in [0.1, 0.15) is 5.89 Å². The highest BCUT2D eigenvalue weighted by molar-refractivity contribution is 5.83. The quantitative estimate of drug-likeness (QED) is 0.692. The van der Waals surface area contributed by atoms with E-state index in [9.17, 15) is 0 Å². The molecule has 0 aliphatic rings. The van der Waals surface area contributed by atoms with Gasteiger partial charge in [-0.2, -0.15) is 5.10 Å². The van der Waals surface area contributed by atoms with E-state index in [4.69, 9.17) is 10.2 Å². The molecule has 0 radical (unpaired) electrons. The van der Waals surface area contributed by atoms with Gasteiger partial charge in [0.1, 0.15) is 11.3 Å². The Balaban J connectivity index is 2.20. The van der Waals surface area contributed by atoms with Crippen molar-refractivity contribution in [2.75, 3.05) is 5.73 Å². The van der Waals surface area contributed by atoms with E-state index in [1.54, 1.807) is 10.9 Å². The van der Waals surface area contributed by atoms with E-state index < -0.39 is 0 Å². The summed E-state index contributed by atoms with van der Waals surface area (Å²) in [7, 11) is 1.82. The molecule has 0 bridgehead atoms. The molecule has 0 saturated heterocycles. The smallest absolute Gasteiger partial charge is 0.192 e. The summed E-state index contributed by atoms with van der Waals surface area (Å²) in [6.07, 6.45) is 1.75. The zero-order chi connectivity index (χ0) is 12.0. The number of benzene rings is 1. The van der Waals surface area contributed by atoms with Crippen LogP contribution in [0.2, 0.25) is 0 Å². The maximum atomic E-state index is 5.94. The van der Waals surface area contributed by atoms with Crippen molar-refractivity contribution in [1.82, 2.24) is 14.8 Å². The maximum absolute atomic E-state index is 5.94. The van der Waals surface area contributed by atoms with Gasteiger partial charge < -0.3 is 10.2 Å². The number of anilines is 1. The van der Waals surface area contributed by atoms with Crippen LogP contribution in [0.3, 0.4) is 0 Å². The highest BCUT2D eigenvalue weighted by Crippen LogP contribution is 2.28. The molecule has 3 aromatic rings. The molecule has 86 valence electrons. The molecule has 0 aliphatic carbocycles. The standard InChI is InChI=1S/C12H12N4O/c1-7-15-10-4-3-8(5-11(10)17-7)9-6-14-16(2)12(9)13/h3-6H,13H2,1-2H3. The minimum absolute atomic E-state index is 0.639. The second kappa shape index (κ2) is 3.35. The summed E-state index contributed by atoms with van der Waals surface area (Å²) in [4.78, 5) is 4.26. The molecular formula is C12H12N4O. The number of aromatic nitrogens is 3. The van der Waals surface area contributed by atoms with Crippen molar-refractivity contribution in [3.8, 4) is 11.1 Å². The lowest BCUT2D eigenvalue weighted by Crippen LogP contribution is -1.97. The summed E-state index contributed by atoms with van der Waals surface area (Å²) in [6.45, 7) is 1.83. The molecule has 2 heterocycles. The van der Waals surface area contributed by atoms with E-state index in [2.05, 4.69) is 10.1 Å². The van der Waals surface area contributed by atoms with Gasteiger partial charge in [-0.25, -0.2) is 4.98 Å². The Morgan fingerprint density at radius 2 is 2.18 bits per heavy atom. The van der Waals surface area contributed by atoms with Gasteiger partial charge in [-0.05, 0) is 17.7 Å². The van der Waals surface area contributed by atoms with Crippen molar-refractivity contribution in [1.29, 1.82) is 0 Å². The summed E-state index contributed by atoms with van der Waals surface area (Å²) in [5, 5.41) is 4.12. The molecule has 0 unspecified atom stereocenters. The molecule has 1 aromatic carbocycles. The molecule has 3 rings (SSSR count). The van der Waals surface area contributed by atoms with E-state index in [-0.39, 0.29) is 0 Å². The van der Waals surface area contributed by atoms with Gasteiger partial charge in [0, 0.05) is 19.5 Å². The number of hydrogen-bond acceptors (Lipinski definition) is 4. The van der Waals surface area contributed by atoms with E-state index in [1.807, 2.05) is 32.2 Å². The van der Waals surface area contributed by atoms with Gasteiger partial charge in [-0.15, -0.1) is 0 Å². The summed E-state index contributed by atoms with van der Waals surface area (Å²) in [5.74, 6) is 1.30. The van der Waals surface area contributed by atoms with E-state index >= 15 is 0 Å². The molecule has 5 heteroatoms. The average Bonchev–Trinajstić information content (AvgIpc) is 2.81. The van der Waals surface area contributed by atoms with E-state index in [1.165, 1.54) is 0 Å². The van der Waals surface area contributed by atoms with Crippen molar-refractivity contribution < 1.29 is 4.42 Å². The lowest BCUT2D eigenvalue weighted by atomic mass is 10.1. The third-order valence-corrected chi connectivity index (χ3v) is 2.79. The first-order chi connectivity index (χ1) is 8.15. The number of aryl methyl sites for hydroxylation is 2. The van der Waals surface area contributed by atoms with Gasteiger partial charge in [0.15, 0.2) is 11.5 Å². The van der Waals surface area contributed by atoms with Gasteiger partial charge in [0.25, 0.3) is 0 Å². The van der Waals surface area contributed by atoms with Gasteiger partial charge in [0.2, 0.25) is 0 Å². The Kier molecular flexibility index (Phi) is 1.95. The fourth-order valence-electron chi connectivity index (χ4n) is 1.88. The highest BCUT2D eigenvalue weighted by atomic mass is 16.3. The van der Waals surface area contributed by atoms with Crippen molar-refractivity contribution in [2.24, 2.45) is 7.05 Å². The molecule has 0 amide bonds. The van der Waals surface area contributed by atoms with Crippen LogP contribution in [0.5, 0.6) is 0 Å². The minimum atomic E-state index is 0.639. The number of nitrogens with zero attached hydrogens (tertiary/aromatic N) is 3. The molecule has 5 nitrogen and oxygen atoms in total. The van der Waals surface area contributed by atoms with Gasteiger partial charge in [0.05, 0.1) is 6.20 Å². The maximum Gasteiger partial charge on any atom is 0.192 e. The third-order valence-electron chi connectivity index (χ3n) is 2.79. The van der Waals surface area contributed by atoms with Crippen LogP contribution in [0.4, 0.5) is 5.82 Å². The van der Waals surface area contributed by atoms with Crippen molar-refractivity contribution in [3.63, 3.8) is 0 Å². The van der Waals surface area contributed by atoms with Crippen LogP contribution in [-0.2, 0) is 7.05 Å². The second-order valence-corrected chi connectivity index (χ2v) is 3.98. The number of fused-ring (bicyclic) bond motifs is 1. The number of oxazole rings is 1. The molecule has 0 saturated carbocycles. The van der Waals surface area contributed by atoms with Gasteiger partial charge >= 0.3 is 0 Å². The molecule has 0 atom stereocenters. The molecule has 0 spiro atoms. The topological polar surface area (TPSA) is 69.9 Å². The lowest BCUT2D eigenvalue weighted by Gasteiger charge is -2.00. The third kappa shape index (κ3) is 1.47. The fraction of sp³-hybridized carbons (Fsp3) is 0.167. The number of hydrogen-bond donors (Lipinski definition) is 1. The largest absolute Gasteiger partial charge is 0.441 e. The first-order valence-corrected chi connectivity index (χ1v) is 5.30. The molecule has 0 aliphatic heterocycles. The summed E-state index contributed by atoms with van der Waals surface area (Å²) in [5.41, 5.74) is 9.45. The van der Waals surface area contributed by atoms with Crippen molar-refractivity contribution >= 4 is 16.9 Å². The van der Waals surface area contributed by atoms with Crippen LogP contribution in [0, 0.1) is 6.92 Å². The SMILES string of the molecule is Cc1nc2ccc(-c3cnn(C)c3N)cc2o1. The van der Waals surface area contributed by atoms with Crippen LogP contribution in [-0.4, -0.2) is 14.8 Å². The molecule has 17 heavy (non-hydrogen) atoms. The fourth-order valence-corrected chi connectivity index (χ4v) is 1.88. The Morgan fingerprint density at radius 3 is 2.88 bits per heavy atom. The summed E-state index contributed by atoms with van der Waals surface area (Å²) < 4.78 is 7.14. The molecular weight excluding hydrogens is 216 g/mol. The molecule has 0 fully saturated rings.